The van der Waals surface area contributed by atoms with Crippen LogP contribution in [0.3, 0.4) is 0 Å². The first-order valence-corrected chi connectivity index (χ1v) is 7.69. The zero-order valence-electron chi connectivity index (χ0n) is 13.7. The van der Waals surface area contributed by atoms with Gasteiger partial charge in [-0.2, -0.15) is 0 Å². The molecule has 116 valence electrons. The maximum atomic E-state index is 5.43. The van der Waals surface area contributed by atoms with E-state index < -0.39 is 0 Å². The van der Waals surface area contributed by atoms with Crippen molar-refractivity contribution < 1.29 is 9.47 Å². The maximum absolute atomic E-state index is 5.43. The number of hydrogen-bond acceptors (Lipinski definition) is 3. The maximum Gasteiger partial charge on any atom is 0.122 e. The largest absolute Gasteiger partial charge is 0.497 e. The van der Waals surface area contributed by atoms with Crippen LogP contribution in [0.15, 0.2) is 30.3 Å². The average Bonchev–Trinajstić information content (AvgIpc) is 2.55. The fraction of sp³-hybridized carbons (Fsp3) is 0.368. The lowest BCUT2D eigenvalue weighted by Gasteiger charge is -2.29. The number of rotatable bonds is 3. The summed E-state index contributed by atoms with van der Waals surface area (Å²) in [6, 6.07) is 11.0. The van der Waals surface area contributed by atoms with Crippen LogP contribution in [0.25, 0.3) is 0 Å². The van der Waals surface area contributed by atoms with Gasteiger partial charge in [0.25, 0.3) is 0 Å². The van der Waals surface area contributed by atoms with Crippen molar-refractivity contribution in [2.24, 2.45) is 0 Å². The number of aryl methyl sites for hydroxylation is 2. The molecule has 1 atom stereocenters. The van der Waals surface area contributed by atoms with Crippen LogP contribution < -0.4 is 14.8 Å². The molecule has 2 aromatic rings. The molecule has 0 saturated heterocycles. The van der Waals surface area contributed by atoms with Gasteiger partial charge in [-0.3, -0.25) is 0 Å². The van der Waals surface area contributed by atoms with Gasteiger partial charge in [0.1, 0.15) is 11.5 Å². The fourth-order valence-corrected chi connectivity index (χ4v) is 3.29. The Balaban J connectivity index is 2.06. The van der Waals surface area contributed by atoms with Gasteiger partial charge in [-0.15, -0.1) is 0 Å². The molecule has 0 saturated carbocycles. The second-order valence-electron chi connectivity index (χ2n) is 5.88. The van der Waals surface area contributed by atoms with Gasteiger partial charge in [-0.25, -0.2) is 0 Å². The number of fused-ring (bicyclic) bond motifs is 1. The van der Waals surface area contributed by atoms with Gasteiger partial charge in [-0.1, -0.05) is 12.1 Å². The van der Waals surface area contributed by atoms with E-state index in [4.69, 9.17) is 9.47 Å². The van der Waals surface area contributed by atoms with Crippen molar-refractivity contribution in [2.45, 2.75) is 26.3 Å². The summed E-state index contributed by atoms with van der Waals surface area (Å²) in [5.41, 5.74) is 6.47. The Hall–Kier alpha value is -2.00. The van der Waals surface area contributed by atoms with Crippen LogP contribution in [0.5, 0.6) is 11.5 Å². The molecule has 0 amide bonds. The van der Waals surface area contributed by atoms with Crippen LogP contribution in [-0.2, 0) is 6.42 Å². The first-order valence-electron chi connectivity index (χ1n) is 7.69. The summed E-state index contributed by atoms with van der Waals surface area (Å²) in [5, 5.41) is 3.65. The second-order valence-corrected chi connectivity index (χ2v) is 5.88. The van der Waals surface area contributed by atoms with Crippen molar-refractivity contribution in [1.29, 1.82) is 0 Å². The molecule has 0 spiro atoms. The number of nitrogens with one attached hydrogen (secondary N) is 1. The Morgan fingerprint density at radius 1 is 0.955 bits per heavy atom. The van der Waals surface area contributed by atoms with Gasteiger partial charge in [0.15, 0.2) is 0 Å². The Labute approximate surface area is 132 Å². The fourth-order valence-electron chi connectivity index (χ4n) is 3.29. The van der Waals surface area contributed by atoms with Gasteiger partial charge in [0.05, 0.1) is 20.3 Å². The minimum Gasteiger partial charge on any atom is -0.497 e. The van der Waals surface area contributed by atoms with E-state index in [1.54, 1.807) is 14.2 Å². The predicted molar refractivity (Wildman–Crippen MR) is 89.0 cm³/mol. The molecule has 0 bridgehead atoms. The molecule has 2 aromatic carbocycles. The molecule has 1 N–H and O–H groups in total. The molecule has 0 fully saturated rings. The van der Waals surface area contributed by atoms with E-state index in [2.05, 4.69) is 43.4 Å². The zero-order valence-corrected chi connectivity index (χ0v) is 13.7. The first kappa shape index (κ1) is 14.9. The van der Waals surface area contributed by atoms with Crippen LogP contribution in [0.1, 0.15) is 33.9 Å². The third kappa shape index (κ3) is 2.57. The third-order valence-electron chi connectivity index (χ3n) is 4.50. The third-order valence-corrected chi connectivity index (χ3v) is 4.50. The van der Waals surface area contributed by atoms with Crippen molar-refractivity contribution >= 4 is 0 Å². The Morgan fingerprint density at radius 2 is 1.77 bits per heavy atom. The van der Waals surface area contributed by atoms with E-state index in [9.17, 15) is 0 Å². The van der Waals surface area contributed by atoms with Crippen molar-refractivity contribution in [2.75, 3.05) is 20.8 Å². The van der Waals surface area contributed by atoms with Crippen LogP contribution in [0.4, 0.5) is 0 Å². The highest BCUT2D eigenvalue weighted by Gasteiger charge is 2.23. The summed E-state index contributed by atoms with van der Waals surface area (Å²) >= 11 is 0. The molecule has 0 radical (unpaired) electrons. The molecule has 0 aromatic heterocycles. The van der Waals surface area contributed by atoms with Gasteiger partial charge in [0, 0.05) is 6.54 Å². The Kier molecular flexibility index (Phi) is 4.08. The molecule has 22 heavy (non-hydrogen) atoms. The second kappa shape index (κ2) is 6.01. The average molecular weight is 297 g/mol. The van der Waals surface area contributed by atoms with Crippen molar-refractivity contribution in [3.63, 3.8) is 0 Å². The molecular formula is C19H23NO2. The summed E-state index contributed by atoms with van der Waals surface area (Å²) in [4.78, 5) is 0. The van der Waals surface area contributed by atoms with Crippen LogP contribution >= 0.6 is 0 Å². The summed E-state index contributed by atoms with van der Waals surface area (Å²) in [6.07, 6.45) is 1.04. The van der Waals surface area contributed by atoms with Gasteiger partial charge >= 0.3 is 0 Å². The normalized spacial score (nSPS) is 17.0. The number of methoxy groups -OCH3 is 2. The minimum atomic E-state index is 0.235. The molecule has 3 rings (SSSR count). The minimum absolute atomic E-state index is 0.235. The van der Waals surface area contributed by atoms with E-state index in [0.717, 1.165) is 24.5 Å². The highest BCUT2D eigenvalue weighted by molar-refractivity contribution is 5.49. The highest BCUT2D eigenvalue weighted by Crippen LogP contribution is 2.34. The summed E-state index contributed by atoms with van der Waals surface area (Å²) in [6.45, 7) is 5.23. The van der Waals surface area contributed by atoms with E-state index in [0.29, 0.717) is 0 Å². The smallest absolute Gasteiger partial charge is 0.122 e. The lowest BCUT2D eigenvalue weighted by Crippen LogP contribution is -2.31. The topological polar surface area (TPSA) is 30.5 Å². The van der Waals surface area contributed by atoms with Gasteiger partial charge < -0.3 is 14.8 Å². The Morgan fingerprint density at radius 3 is 2.50 bits per heavy atom. The lowest BCUT2D eigenvalue weighted by molar-refractivity contribution is 0.410. The molecular weight excluding hydrogens is 274 g/mol. The van der Waals surface area contributed by atoms with Crippen LogP contribution in [0, 0.1) is 13.8 Å². The highest BCUT2D eigenvalue weighted by atomic mass is 16.5. The molecule has 1 unspecified atom stereocenters. The summed E-state index contributed by atoms with van der Waals surface area (Å²) < 4.78 is 10.8. The molecule has 1 heterocycles. The lowest BCUT2D eigenvalue weighted by atomic mass is 9.87. The predicted octanol–water partition coefficient (Wildman–Crippen LogP) is 3.56. The number of hydrogen-bond donors (Lipinski definition) is 1. The summed E-state index contributed by atoms with van der Waals surface area (Å²) in [5.74, 6) is 1.88. The quantitative estimate of drug-likeness (QED) is 0.939. The van der Waals surface area contributed by atoms with Gasteiger partial charge in [0.2, 0.25) is 0 Å². The molecule has 0 aliphatic carbocycles. The van der Waals surface area contributed by atoms with E-state index >= 15 is 0 Å². The van der Waals surface area contributed by atoms with Crippen molar-refractivity contribution in [1.82, 2.24) is 5.32 Å². The number of benzene rings is 2. The monoisotopic (exact) mass is 297 g/mol. The van der Waals surface area contributed by atoms with E-state index in [1.165, 1.54) is 27.8 Å². The SMILES string of the molecule is COc1ccc2c(c1)CCNC2c1cc(C)c(OC)cc1C. The Bertz CT molecular complexity index is 694. The number of ether oxygens (including phenoxy) is 2. The molecule has 1 aliphatic heterocycles. The summed E-state index contributed by atoms with van der Waals surface area (Å²) in [7, 11) is 3.44. The molecule has 3 heteroatoms. The molecule has 1 aliphatic rings. The van der Waals surface area contributed by atoms with Gasteiger partial charge in [-0.05, 0) is 66.3 Å². The zero-order chi connectivity index (χ0) is 15.7. The first-order chi connectivity index (χ1) is 10.6. The van der Waals surface area contributed by atoms with Crippen molar-refractivity contribution in [3.8, 4) is 11.5 Å². The van der Waals surface area contributed by atoms with E-state index in [-0.39, 0.29) is 6.04 Å². The molecule has 3 nitrogen and oxygen atoms in total. The van der Waals surface area contributed by atoms with Crippen LogP contribution in [-0.4, -0.2) is 20.8 Å². The van der Waals surface area contributed by atoms with E-state index in [1.807, 2.05) is 6.07 Å². The van der Waals surface area contributed by atoms with Crippen LogP contribution in [0.2, 0.25) is 0 Å². The van der Waals surface area contributed by atoms with Crippen molar-refractivity contribution in [3.05, 3.63) is 58.1 Å². The standard InChI is InChI=1S/C19H23NO2/c1-12-10-18(22-4)13(2)9-17(12)19-16-6-5-15(21-3)11-14(16)7-8-20-19/h5-6,9-11,19-20H,7-8H2,1-4H3.